The number of ether oxygens (including phenoxy) is 1. The number of halogens is 7. The summed E-state index contributed by atoms with van der Waals surface area (Å²) in [6.45, 7) is 4.51. The molecule has 0 fully saturated rings. The van der Waals surface area contributed by atoms with Gasteiger partial charge in [0, 0.05) is 5.92 Å². The van der Waals surface area contributed by atoms with Crippen LogP contribution in [-0.2, 0) is 9.53 Å². The molecule has 0 saturated heterocycles. The zero-order valence-electron chi connectivity index (χ0n) is 11.9. The Balaban J connectivity index is 5.44. The average molecular weight is 326 g/mol. The summed E-state index contributed by atoms with van der Waals surface area (Å²) in [6, 6.07) is 0. The van der Waals surface area contributed by atoms with Crippen LogP contribution in [0, 0.1) is 11.8 Å². The van der Waals surface area contributed by atoms with Crippen LogP contribution in [0.2, 0.25) is 0 Å². The number of carbonyl (C=O) groups excluding carboxylic acids is 1. The van der Waals surface area contributed by atoms with Crippen molar-refractivity contribution in [1.29, 1.82) is 0 Å². The first-order valence-electron chi connectivity index (χ1n) is 6.22. The monoisotopic (exact) mass is 326 g/mol. The fourth-order valence-electron chi connectivity index (χ4n) is 1.77. The summed E-state index contributed by atoms with van der Waals surface area (Å²) < 4.78 is 94.0. The van der Waals surface area contributed by atoms with Crippen molar-refractivity contribution in [2.45, 2.75) is 58.2 Å². The topological polar surface area (TPSA) is 26.3 Å². The molecule has 0 bridgehead atoms. The van der Waals surface area contributed by atoms with Gasteiger partial charge in [-0.15, -0.1) is 0 Å². The summed E-state index contributed by atoms with van der Waals surface area (Å²) in [5, 5.41) is 0. The van der Waals surface area contributed by atoms with Crippen molar-refractivity contribution in [3.63, 3.8) is 0 Å². The summed E-state index contributed by atoms with van der Waals surface area (Å²) in [5.74, 6) is -17.2. The molecule has 0 aliphatic heterocycles. The summed E-state index contributed by atoms with van der Waals surface area (Å²) in [6.07, 6.45) is -7.46. The Kier molecular flexibility index (Phi) is 6.08. The molecule has 0 N–H and O–H groups in total. The predicted octanol–water partition coefficient (Wildman–Crippen LogP) is 4.43. The van der Waals surface area contributed by atoms with E-state index >= 15 is 0 Å². The van der Waals surface area contributed by atoms with Crippen LogP contribution in [0.3, 0.4) is 0 Å². The molecule has 0 heterocycles. The number of rotatable bonds is 6. The van der Waals surface area contributed by atoms with Crippen LogP contribution >= 0.6 is 0 Å². The Morgan fingerprint density at radius 2 is 1.43 bits per heavy atom. The lowest BCUT2D eigenvalue weighted by atomic mass is 9.83. The lowest BCUT2D eigenvalue weighted by Gasteiger charge is -2.35. The van der Waals surface area contributed by atoms with Crippen molar-refractivity contribution in [3.8, 4) is 0 Å². The summed E-state index contributed by atoms with van der Waals surface area (Å²) in [7, 11) is 0. The Hall–Kier alpha value is -1.02. The molecule has 0 aromatic rings. The van der Waals surface area contributed by atoms with Crippen molar-refractivity contribution in [3.05, 3.63) is 0 Å². The first-order chi connectivity index (χ1) is 9.20. The standard InChI is InChI=1S/C12H17F7O2/c1-5-8(9(20)21-6(2)3)7(4)10(13,14)11(15,16)12(17,18)19/h6-8H,5H2,1-4H3. The number of esters is 1. The van der Waals surface area contributed by atoms with E-state index in [0.29, 0.717) is 6.92 Å². The van der Waals surface area contributed by atoms with Crippen molar-refractivity contribution in [2.75, 3.05) is 0 Å². The quantitative estimate of drug-likeness (QED) is 0.533. The third-order valence-electron chi connectivity index (χ3n) is 3.04. The largest absolute Gasteiger partial charge is 0.463 e. The summed E-state index contributed by atoms with van der Waals surface area (Å²) in [4.78, 5) is 11.6. The van der Waals surface area contributed by atoms with Crippen molar-refractivity contribution in [1.82, 2.24) is 0 Å². The SMILES string of the molecule is CCC(C(=O)OC(C)C)C(C)C(F)(F)C(F)(F)C(F)(F)F. The minimum atomic E-state index is -6.41. The maximum Gasteiger partial charge on any atom is 0.459 e. The molecule has 0 aromatic carbocycles. The van der Waals surface area contributed by atoms with Gasteiger partial charge in [0.1, 0.15) is 0 Å². The molecule has 0 amide bonds. The molecule has 0 aromatic heterocycles. The number of hydrogen-bond donors (Lipinski definition) is 0. The van der Waals surface area contributed by atoms with Gasteiger partial charge < -0.3 is 4.74 Å². The Labute approximate surface area is 117 Å². The van der Waals surface area contributed by atoms with Crippen LogP contribution in [0.25, 0.3) is 0 Å². The van der Waals surface area contributed by atoms with Gasteiger partial charge in [-0.25, -0.2) is 0 Å². The molecule has 2 unspecified atom stereocenters. The zero-order valence-corrected chi connectivity index (χ0v) is 11.9. The minimum absolute atomic E-state index is 0.351. The normalized spacial score (nSPS) is 16.8. The second-order valence-corrected chi connectivity index (χ2v) is 4.98. The molecule has 0 rings (SSSR count). The highest BCUT2D eigenvalue weighted by atomic mass is 19.4. The smallest absolute Gasteiger partial charge is 0.459 e. The maximum atomic E-state index is 13.5. The van der Waals surface area contributed by atoms with Crippen molar-refractivity contribution >= 4 is 5.97 Å². The van der Waals surface area contributed by atoms with Crippen LogP contribution in [0.4, 0.5) is 30.7 Å². The van der Waals surface area contributed by atoms with Crippen LogP contribution < -0.4 is 0 Å². The highest BCUT2D eigenvalue weighted by molar-refractivity contribution is 5.73. The number of carbonyl (C=O) groups is 1. The highest BCUT2D eigenvalue weighted by Gasteiger charge is 2.75. The van der Waals surface area contributed by atoms with E-state index in [1.54, 1.807) is 0 Å². The van der Waals surface area contributed by atoms with Crippen LogP contribution in [0.15, 0.2) is 0 Å². The zero-order chi connectivity index (χ0) is 17.2. The van der Waals surface area contributed by atoms with Gasteiger partial charge >= 0.3 is 24.0 Å². The number of hydrogen-bond acceptors (Lipinski definition) is 2. The lowest BCUT2D eigenvalue weighted by molar-refractivity contribution is -0.367. The fourth-order valence-corrected chi connectivity index (χ4v) is 1.77. The van der Waals surface area contributed by atoms with E-state index in [1.807, 2.05) is 0 Å². The van der Waals surface area contributed by atoms with Gasteiger partial charge in [0.2, 0.25) is 0 Å². The van der Waals surface area contributed by atoms with E-state index in [4.69, 9.17) is 0 Å². The van der Waals surface area contributed by atoms with Crippen molar-refractivity contribution < 1.29 is 40.3 Å². The van der Waals surface area contributed by atoms with E-state index in [1.165, 1.54) is 20.8 Å². The fraction of sp³-hybridized carbons (Fsp3) is 0.917. The molecule has 2 nitrogen and oxygen atoms in total. The van der Waals surface area contributed by atoms with Gasteiger partial charge in [0.25, 0.3) is 0 Å². The molecule has 0 saturated carbocycles. The van der Waals surface area contributed by atoms with E-state index in [0.717, 1.165) is 0 Å². The molecule has 9 heteroatoms. The van der Waals surface area contributed by atoms with Gasteiger partial charge in [-0.2, -0.15) is 30.7 Å². The molecule has 0 aliphatic rings. The van der Waals surface area contributed by atoms with Gasteiger partial charge in [-0.3, -0.25) is 4.79 Å². The molecule has 0 spiro atoms. The van der Waals surface area contributed by atoms with Gasteiger partial charge in [-0.1, -0.05) is 13.8 Å². The van der Waals surface area contributed by atoms with E-state index < -0.39 is 41.9 Å². The molecular weight excluding hydrogens is 309 g/mol. The Bertz CT molecular complexity index is 363. The Morgan fingerprint density at radius 1 is 1.00 bits per heavy atom. The molecule has 2 atom stereocenters. The summed E-state index contributed by atoms with van der Waals surface area (Å²) >= 11 is 0. The second-order valence-electron chi connectivity index (χ2n) is 4.98. The first-order valence-corrected chi connectivity index (χ1v) is 6.22. The van der Waals surface area contributed by atoms with E-state index in [-0.39, 0.29) is 6.42 Å². The van der Waals surface area contributed by atoms with Gasteiger partial charge in [0.15, 0.2) is 0 Å². The van der Waals surface area contributed by atoms with Gasteiger partial charge in [0.05, 0.1) is 12.0 Å². The average Bonchev–Trinajstić information content (AvgIpc) is 2.26. The second kappa shape index (κ2) is 6.39. The molecule has 0 radical (unpaired) electrons. The minimum Gasteiger partial charge on any atom is -0.463 e. The predicted molar refractivity (Wildman–Crippen MR) is 60.1 cm³/mol. The molecule has 126 valence electrons. The van der Waals surface area contributed by atoms with Gasteiger partial charge in [-0.05, 0) is 20.3 Å². The third kappa shape index (κ3) is 4.00. The Morgan fingerprint density at radius 3 is 1.71 bits per heavy atom. The van der Waals surface area contributed by atoms with E-state index in [2.05, 4.69) is 4.74 Å². The van der Waals surface area contributed by atoms with Crippen LogP contribution in [0.1, 0.15) is 34.1 Å². The molecule has 0 aliphatic carbocycles. The molecule has 21 heavy (non-hydrogen) atoms. The summed E-state index contributed by atoms with van der Waals surface area (Å²) in [5.41, 5.74) is 0. The van der Waals surface area contributed by atoms with Crippen LogP contribution in [0.5, 0.6) is 0 Å². The molecular formula is C12H17F7O2. The van der Waals surface area contributed by atoms with E-state index in [9.17, 15) is 35.5 Å². The first kappa shape index (κ1) is 20.0. The van der Waals surface area contributed by atoms with Crippen molar-refractivity contribution in [2.24, 2.45) is 11.8 Å². The maximum absolute atomic E-state index is 13.5. The highest BCUT2D eigenvalue weighted by Crippen LogP contribution is 2.51. The lowest BCUT2D eigenvalue weighted by Crippen LogP contribution is -2.57. The van der Waals surface area contributed by atoms with Crippen LogP contribution in [-0.4, -0.2) is 30.1 Å². The number of alkyl halides is 7. The third-order valence-corrected chi connectivity index (χ3v) is 3.04.